The molecule has 0 bridgehead atoms. The van der Waals surface area contributed by atoms with Gasteiger partial charge < -0.3 is 10.6 Å². The zero-order valence-corrected chi connectivity index (χ0v) is 10.8. The van der Waals surface area contributed by atoms with Crippen LogP contribution in [-0.4, -0.2) is 26.2 Å². The standard InChI is InChI=1S/C11H11ClN2O3S/c12-9-3-1-2-4-10(9)14-11(15)13-8-5-6-18(16,17)7-8/h1-6,8H,7H2,(H2,13,14,15)/t8-/m1/s1. The molecule has 1 aliphatic rings. The molecule has 0 saturated heterocycles. The number of carbonyl (C=O) groups is 1. The zero-order valence-electron chi connectivity index (χ0n) is 9.26. The van der Waals surface area contributed by atoms with Gasteiger partial charge in [-0.15, -0.1) is 0 Å². The molecule has 0 radical (unpaired) electrons. The van der Waals surface area contributed by atoms with Crippen LogP contribution in [0.3, 0.4) is 0 Å². The summed E-state index contributed by atoms with van der Waals surface area (Å²) in [4.78, 5) is 11.6. The molecule has 1 aliphatic heterocycles. The molecule has 1 heterocycles. The Morgan fingerprint density at radius 1 is 1.33 bits per heavy atom. The smallest absolute Gasteiger partial charge is 0.319 e. The monoisotopic (exact) mass is 286 g/mol. The van der Waals surface area contributed by atoms with E-state index >= 15 is 0 Å². The summed E-state index contributed by atoms with van der Waals surface area (Å²) < 4.78 is 22.3. The topological polar surface area (TPSA) is 75.3 Å². The maximum atomic E-state index is 11.6. The fourth-order valence-corrected chi connectivity index (χ4v) is 2.97. The van der Waals surface area contributed by atoms with E-state index in [0.29, 0.717) is 10.7 Å². The van der Waals surface area contributed by atoms with E-state index in [4.69, 9.17) is 11.6 Å². The van der Waals surface area contributed by atoms with E-state index in [-0.39, 0.29) is 5.75 Å². The number of para-hydroxylation sites is 1. The van der Waals surface area contributed by atoms with Crippen LogP contribution in [0, 0.1) is 0 Å². The Balaban J connectivity index is 1.95. The Morgan fingerprint density at radius 2 is 2.06 bits per heavy atom. The number of rotatable bonds is 2. The first-order valence-corrected chi connectivity index (χ1v) is 7.29. The molecule has 1 atom stereocenters. The second-order valence-corrected chi connectivity index (χ2v) is 6.18. The molecule has 2 amide bonds. The minimum atomic E-state index is -3.17. The third-order valence-electron chi connectivity index (χ3n) is 2.37. The molecule has 1 aromatic rings. The number of hydrogen-bond acceptors (Lipinski definition) is 3. The molecule has 0 aliphatic carbocycles. The minimum Gasteiger partial charge on any atom is -0.331 e. The largest absolute Gasteiger partial charge is 0.331 e. The van der Waals surface area contributed by atoms with Gasteiger partial charge in [-0.3, -0.25) is 0 Å². The van der Waals surface area contributed by atoms with Crippen LogP contribution < -0.4 is 10.6 Å². The Morgan fingerprint density at radius 3 is 2.67 bits per heavy atom. The lowest BCUT2D eigenvalue weighted by molar-refractivity contribution is 0.251. The lowest BCUT2D eigenvalue weighted by atomic mass is 10.3. The van der Waals surface area contributed by atoms with Gasteiger partial charge in [0.15, 0.2) is 9.84 Å². The minimum absolute atomic E-state index is 0.108. The van der Waals surface area contributed by atoms with E-state index < -0.39 is 21.9 Å². The van der Waals surface area contributed by atoms with Gasteiger partial charge in [0, 0.05) is 5.41 Å². The summed E-state index contributed by atoms with van der Waals surface area (Å²) in [6.07, 6.45) is 1.45. The van der Waals surface area contributed by atoms with Crippen molar-refractivity contribution >= 4 is 33.2 Å². The maximum absolute atomic E-state index is 11.6. The molecular weight excluding hydrogens is 276 g/mol. The quantitative estimate of drug-likeness (QED) is 0.870. The SMILES string of the molecule is O=C(Nc1ccccc1Cl)N[C@@H]1C=CS(=O)(=O)C1. The molecule has 0 spiro atoms. The van der Waals surface area contributed by atoms with Crippen molar-refractivity contribution in [1.82, 2.24) is 5.32 Å². The Labute approximate surface area is 110 Å². The summed E-state index contributed by atoms with van der Waals surface area (Å²) in [6.45, 7) is 0. The van der Waals surface area contributed by atoms with Crippen molar-refractivity contribution in [2.45, 2.75) is 6.04 Å². The van der Waals surface area contributed by atoms with Crippen LogP contribution >= 0.6 is 11.6 Å². The number of urea groups is 1. The van der Waals surface area contributed by atoms with Gasteiger partial charge in [0.2, 0.25) is 0 Å². The first-order chi connectivity index (χ1) is 8.46. The van der Waals surface area contributed by atoms with Gasteiger partial charge in [-0.05, 0) is 18.2 Å². The lowest BCUT2D eigenvalue weighted by Crippen LogP contribution is -2.38. The van der Waals surface area contributed by atoms with Crippen molar-refractivity contribution in [2.75, 3.05) is 11.1 Å². The molecule has 2 N–H and O–H groups in total. The number of sulfone groups is 1. The summed E-state index contributed by atoms with van der Waals surface area (Å²) in [5.41, 5.74) is 0.474. The van der Waals surface area contributed by atoms with E-state index in [2.05, 4.69) is 10.6 Å². The van der Waals surface area contributed by atoms with Crippen molar-refractivity contribution < 1.29 is 13.2 Å². The predicted octanol–water partition coefficient (Wildman–Crippen LogP) is 1.77. The second-order valence-electron chi connectivity index (χ2n) is 3.84. The van der Waals surface area contributed by atoms with Gasteiger partial charge in [0.25, 0.3) is 0 Å². The molecule has 0 saturated carbocycles. The number of benzene rings is 1. The number of anilines is 1. The maximum Gasteiger partial charge on any atom is 0.319 e. The number of amides is 2. The molecular formula is C11H11ClN2O3S. The van der Waals surface area contributed by atoms with Gasteiger partial charge >= 0.3 is 6.03 Å². The van der Waals surface area contributed by atoms with E-state index in [9.17, 15) is 13.2 Å². The van der Waals surface area contributed by atoms with Crippen molar-refractivity contribution in [3.05, 3.63) is 40.8 Å². The fraction of sp³-hybridized carbons (Fsp3) is 0.182. The summed E-state index contributed by atoms with van der Waals surface area (Å²) in [5, 5.41) is 6.61. The van der Waals surface area contributed by atoms with Crippen molar-refractivity contribution in [3.63, 3.8) is 0 Å². The summed E-state index contributed by atoms with van der Waals surface area (Å²) in [7, 11) is -3.17. The first kappa shape index (κ1) is 12.9. The third-order valence-corrected chi connectivity index (χ3v) is 4.09. The Bertz CT molecular complexity index is 598. The highest BCUT2D eigenvalue weighted by atomic mass is 35.5. The van der Waals surface area contributed by atoms with E-state index in [1.807, 2.05) is 0 Å². The number of carbonyl (C=O) groups excluding carboxylic acids is 1. The number of nitrogens with one attached hydrogen (secondary N) is 2. The average Bonchev–Trinajstić information content (AvgIpc) is 2.61. The molecule has 5 nitrogen and oxygen atoms in total. The molecule has 1 aromatic carbocycles. The van der Waals surface area contributed by atoms with Crippen LogP contribution in [0.2, 0.25) is 5.02 Å². The van der Waals surface area contributed by atoms with E-state index in [1.165, 1.54) is 6.08 Å². The van der Waals surface area contributed by atoms with Crippen LogP contribution in [0.15, 0.2) is 35.7 Å². The predicted molar refractivity (Wildman–Crippen MR) is 70.3 cm³/mol. The first-order valence-electron chi connectivity index (χ1n) is 5.19. The average molecular weight is 287 g/mol. The Kier molecular flexibility index (Phi) is 3.58. The van der Waals surface area contributed by atoms with Gasteiger partial charge in [-0.1, -0.05) is 23.7 Å². The highest BCUT2D eigenvalue weighted by Gasteiger charge is 2.23. The van der Waals surface area contributed by atoms with Crippen molar-refractivity contribution in [1.29, 1.82) is 0 Å². The van der Waals surface area contributed by atoms with Gasteiger partial charge in [0.05, 0.1) is 22.5 Å². The Hall–Kier alpha value is -1.53. The van der Waals surface area contributed by atoms with E-state index in [0.717, 1.165) is 5.41 Å². The molecule has 0 fully saturated rings. The van der Waals surface area contributed by atoms with Gasteiger partial charge in [-0.25, -0.2) is 13.2 Å². The van der Waals surface area contributed by atoms with Crippen LogP contribution in [0.1, 0.15) is 0 Å². The van der Waals surface area contributed by atoms with Crippen molar-refractivity contribution in [3.8, 4) is 0 Å². The lowest BCUT2D eigenvalue weighted by Gasteiger charge is -2.12. The molecule has 7 heteroatoms. The molecule has 0 aromatic heterocycles. The van der Waals surface area contributed by atoms with Crippen molar-refractivity contribution in [2.24, 2.45) is 0 Å². The molecule has 96 valence electrons. The molecule has 2 rings (SSSR count). The zero-order chi connectivity index (χ0) is 13.2. The summed E-state index contributed by atoms with van der Waals surface area (Å²) in [5.74, 6) is -0.108. The van der Waals surface area contributed by atoms with Crippen LogP contribution in [-0.2, 0) is 9.84 Å². The van der Waals surface area contributed by atoms with E-state index in [1.54, 1.807) is 24.3 Å². The van der Waals surface area contributed by atoms with Gasteiger partial charge in [0.1, 0.15) is 0 Å². The summed E-state index contributed by atoms with van der Waals surface area (Å²) >= 11 is 5.88. The highest BCUT2D eigenvalue weighted by molar-refractivity contribution is 7.94. The molecule has 18 heavy (non-hydrogen) atoms. The number of halogens is 1. The number of hydrogen-bond donors (Lipinski definition) is 2. The normalized spacial score (nSPS) is 20.6. The van der Waals surface area contributed by atoms with Crippen LogP contribution in [0.25, 0.3) is 0 Å². The van der Waals surface area contributed by atoms with Gasteiger partial charge in [-0.2, -0.15) is 0 Å². The molecule has 0 unspecified atom stereocenters. The van der Waals surface area contributed by atoms with Crippen LogP contribution in [0.4, 0.5) is 10.5 Å². The second kappa shape index (κ2) is 4.99. The third kappa shape index (κ3) is 3.24. The fourth-order valence-electron chi connectivity index (χ4n) is 1.56. The van der Waals surface area contributed by atoms with Crippen LogP contribution in [0.5, 0.6) is 0 Å². The summed E-state index contributed by atoms with van der Waals surface area (Å²) in [6, 6.07) is 5.80. The highest BCUT2D eigenvalue weighted by Crippen LogP contribution is 2.20.